The van der Waals surface area contributed by atoms with Crippen LogP contribution in [0.15, 0.2) is 36.5 Å². The van der Waals surface area contributed by atoms with Crippen LogP contribution >= 0.6 is 23.2 Å². The molecule has 0 saturated carbocycles. The number of halogens is 2. The van der Waals surface area contributed by atoms with Crippen LogP contribution in [0.2, 0.25) is 10.0 Å². The van der Waals surface area contributed by atoms with Crippen molar-refractivity contribution in [3.05, 3.63) is 52.3 Å². The van der Waals surface area contributed by atoms with Crippen molar-refractivity contribution in [2.45, 2.75) is 40.2 Å². The molecule has 1 aromatic carbocycles. The summed E-state index contributed by atoms with van der Waals surface area (Å²) in [6.07, 6.45) is 3.66. The minimum atomic E-state index is -0.389. The number of aryl methyl sites for hydroxylation is 1. The lowest BCUT2D eigenvalue weighted by Crippen LogP contribution is -2.45. The topological polar surface area (TPSA) is 57.6 Å². The quantitative estimate of drug-likeness (QED) is 0.491. The predicted molar refractivity (Wildman–Crippen MR) is 128 cm³/mol. The van der Waals surface area contributed by atoms with Crippen molar-refractivity contribution >= 4 is 40.8 Å². The monoisotopic (exact) mass is 466 g/mol. The Morgan fingerprint density at radius 1 is 1.10 bits per heavy atom. The number of rotatable bonds is 10. The van der Waals surface area contributed by atoms with Gasteiger partial charge in [-0.05, 0) is 36.6 Å². The van der Waals surface area contributed by atoms with Crippen LogP contribution < -0.4 is 5.32 Å². The molecule has 0 atom stereocenters. The highest BCUT2D eigenvalue weighted by Crippen LogP contribution is 2.30. The first-order chi connectivity index (χ1) is 14.7. The molecule has 0 bridgehead atoms. The third-order valence-corrected chi connectivity index (χ3v) is 5.56. The van der Waals surface area contributed by atoms with Crippen molar-refractivity contribution in [1.82, 2.24) is 14.4 Å². The van der Waals surface area contributed by atoms with E-state index in [1.807, 2.05) is 41.8 Å². The zero-order valence-electron chi connectivity index (χ0n) is 18.7. The minimum Gasteiger partial charge on any atom is -0.353 e. The van der Waals surface area contributed by atoms with Gasteiger partial charge in [0, 0.05) is 32.0 Å². The standard InChI is InChI=1S/C23H32Cl2N4O2/c1-5-6-13-28(23(31)26-22-19(24)10-7-11-20(22)25)16-21(30)29(14-17(2)3)15-18-9-8-12-27(18)4/h7-12,17H,5-6,13-16H2,1-4H3,(H,26,31). The van der Waals surface area contributed by atoms with Crippen LogP contribution in [0.4, 0.5) is 10.5 Å². The van der Waals surface area contributed by atoms with Crippen LogP contribution in [0.3, 0.4) is 0 Å². The molecule has 170 valence electrons. The maximum Gasteiger partial charge on any atom is 0.322 e. The van der Waals surface area contributed by atoms with Gasteiger partial charge in [0.05, 0.1) is 22.3 Å². The van der Waals surface area contributed by atoms with Gasteiger partial charge in [-0.15, -0.1) is 0 Å². The largest absolute Gasteiger partial charge is 0.353 e. The summed E-state index contributed by atoms with van der Waals surface area (Å²) in [6, 6.07) is 8.61. The van der Waals surface area contributed by atoms with E-state index in [1.165, 1.54) is 4.90 Å². The van der Waals surface area contributed by atoms with Gasteiger partial charge in [-0.25, -0.2) is 4.79 Å². The van der Waals surface area contributed by atoms with E-state index < -0.39 is 0 Å². The Kier molecular flexibility index (Phi) is 9.72. The number of para-hydroxylation sites is 1. The number of aromatic nitrogens is 1. The zero-order chi connectivity index (χ0) is 23.0. The van der Waals surface area contributed by atoms with E-state index in [0.29, 0.717) is 41.3 Å². The summed E-state index contributed by atoms with van der Waals surface area (Å²) in [5.41, 5.74) is 1.40. The molecule has 3 amide bonds. The molecule has 8 heteroatoms. The van der Waals surface area contributed by atoms with E-state index in [-0.39, 0.29) is 18.5 Å². The van der Waals surface area contributed by atoms with Gasteiger partial charge in [0.2, 0.25) is 5.91 Å². The molecule has 0 unspecified atom stereocenters. The van der Waals surface area contributed by atoms with E-state index in [0.717, 1.165) is 18.5 Å². The second-order valence-corrected chi connectivity index (χ2v) is 8.89. The summed E-state index contributed by atoms with van der Waals surface area (Å²) in [5.74, 6) is 0.218. The Labute approximate surface area is 195 Å². The molecular formula is C23H32Cl2N4O2. The SMILES string of the molecule is CCCCN(CC(=O)N(Cc1cccn1C)CC(C)C)C(=O)Nc1c(Cl)cccc1Cl. The fourth-order valence-electron chi connectivity index (χ4n) is 3.22. The predicted octanol–water partition coefficient (Wildman–Crippen LogP) is 5.65. The number of carbonyl (C=O) groups excluding carboxylic acids is 2. The van der Waals surface area contributed by atoms with Crippen LogP contribution in [-0.2, 0) is 18.4 Å². The van der Waals surface area contributed by atoms with E-state index in [9.17, 15) is 9.59 Å². The molecule has 1 aromatic heterocycles. The fraction of sp³-hybridized carbons (Fsp3) is 0.478. The van der Waals surface area contributed by atoms with Gasteiger partial charge in [-0.1, -0.05) is 56.5 Å². The van der Waals surface area contributed by atoms with Crippen molar-refractivity contribution in [2.24, 2.45) is 13.0 Å². The van der Waals surface area contributed by atoms with Crippen LogP contribution in [0.25, 0.3) is 0 Å². The van der Waals surface area contributed by atoms with Crippen LogP contribution in [0.5, 0.6) is 0 Å². The fourth-order valence-corrected chi connectivity index (χ4v) is 3.71. The Hall–Kier alpha value is -2.18. The molecule has 0 aliphatic rings. The molecule has 1 N–H and O–H groups in total. The number of nitrogens with one attached hydrogen (secondary N) is 1. The molecule has 2 rings (SSSR count). The van der Waals surface area contributed by atoms with Crippen molar-refractivity contribution < 1.29 is 9.59 Å². The average Bonchev–Trinajstić information content (AvgIpc) is 3.11. The molecule has 0 aliphatic carbocycles. The summed E-state index contributed by atoms with van der Waals surface area (Å²) in [4.78, 5) is 29.6. The number of amides is 3. The molecule has 0 fully saturated rings. The van der Waals surface area contributed by atoms with Crippen LogP contribution in [0, 0.1) is 5.92 Å². The summed E-state index contributed by atoms with van der Waals surface area (Å²) in [5, 5.41) is 3.48. The van der Waals surface area contributed by atoms with E-state index in [1.54, 1.807) is 18.2 Å². The summed E-state index contributed by atoms with van der Waals surface area (Å²) in [7, 11) is 1.96. The molecule has 0 radical (unpaired) electrons. The normalized spacial score (nSPS) is 10.9. The molecule has 0 spiro atoms. The number of carbonyl (C=O) groups is 2. The van der Waals surface area contributed by atoms with E-state index in [4.69, 9.17) is 23.2 Å². The highest BCUT2D eigenvalue weighted by molar-refractivity contribution is 6.39. The lowest BCUT2D eigenvalue weighted by molar-refractivity contribution is -0.133. The van der Waals surface area contributed by atoms with Crippen molar-refractivity contribution in [3.8, 4) is 0 Å². The van der Waals surface area contributed by atoms with Crippen LogP contribution in [-0.4, -0.2) is 45.9 Å². The first-order valence-corrected chi connectivity index (χ1v) is 11.4. The summed E-state index contributed by atoms with van der Waals surface area (Å²) in [6.45, 7) is 7.77. The van der Waals surface area contributed by atoms with Gasteiger partial charge < -0.3 is 19.7 Å². The Morgan fingerprint density at radius 2 is 1.77 bits per heavy atom. The maximum absolute atomic E-state index is 13.2. The van der Waals surface area contributed by atoms with E-state index in [2.05, 4.69) is 19.2 Å². The number of urea groups is 1. The number of anilines is 1. The van der Waals surface area contributed by atoms with Gasteiger partial charge >= 0.3 is 6.03 Å². The third kappa shape index (κ3) is 7.47. The molecular weight excluding hydrogens is 435 g/mol. The number of hydrogen-bond donors (Lipinski definition) is 1. The Bertz CT molecular complexity index is 862. The number of unbranched alkanes of at least 4 members (excludes halogenated alkanes) is 1. The van der Waals surface area contributed by atoms with Crippen LogP contribution in [0.1, 0.15) is 39.3 Å². The molecule has 0 aliphatic heterocycles. The molecule has 6 nitrogen and oxygen atoms in total. The average molecular weight is 467 g/mol. The summed E-state index contributed by atoms with van der Waals surface area (Å²) >= 11 is 12.4. The molecule has 1 heterocycles. The first kappa shape index (κ1) is 25.1. The highest BCUT2D eigenvalue weighted by atomic mass is 35.5. The second-order valence-electron chi connectivity index (χ2n) is 8.08. The first-order valence-electron chi connectivity index (χ1n) is 10.6. The minimum absolute atomic E-state index is 0.00888. The van der Waals surface area contributed by atoms with E-state index >= 15 is 0 Å². The second kappa shape index (κ2) is 12.0. The maximum atomic E-state index is 13.2. The van der Waals surface area contributed by atoms with Gasteiger partial charge in [0.15, 0.2) is 0 Å². The van der Waals surface area contributed by atoms with Crippen molar-refractivity contribution in [3.63, 3.8) is 0 Å². The van der Waals surface area contributed by atoms with Gasteiger partial charge in [0.25, 0.3) is 0 Å². The van der Waals surface area contributed by atoms with Gasteiger partial charge in [0.1, 0.15) is 6.54 Å². The smallest absolute Gasteiger partial charge is 0.322 e. The lowest BCUT2D eigenvalue weighted by Gasteiger charge is -2.29. The molecule has 2 aromatic rings. The Morgan fingerprint density at radius 3 is 2.32 bits per heavy atom. The van der Waals surface area contributed by atoms with Gasteiger partial charge in [-0.2, -0.15) is 0 Å². The lowest BCUT2D eigenvalue weighted by atomic mass is 10.2. The van der Waals surface area contributed by atoms with Crippen molar-refractivity contribution in [1.29, 1.82) is 0 Å². The van der Waals surface area contributed by atoms with Crippen molar-refractivity contribution in [2.75, 3.05) is 25.0 Å². The highest BCUT2D eigenvalue weighted by Gasteiger charge is 2.23. The zero-order valence-corrected chi connectivity index (χ0v) is 20.2. The summed E-state index contributed by atoms with van der Waals surface area (Å²) < 4.78 is 2.00. The third-order valence-electron chi connectivity index (χ3n) is 4.93. The molecule has 0 saturated heterocycles. The number of nitrogens with zero attached hydrogens (tertiary/aromatic N) is 3. The number of hydrogen-bond acceptors (Lipinski definition) is 2. The van der Waals surface area contributed by atoms with Gasteiger partial charge in [-0.3, -0.25) is 4.79 Å². The number of benzene rings is 1. The Balaban J connectivity index is 2.16. The molecule has 31 heavy (non-hydrogen) atoms.